The molecule has 1 aliphatic heterocycles. The van der Waals surface area contributed by atoms with E-state index in [1.807, 2.05) is 16.9 Å². The molecule has 0 atom stereocenters. The van der Waals surface area contributed by atoms with Crippen LogP contribution in [0.5, 0.6) is 17.4 Å². The molecule has 0 radical (unpaired) electrons. The fourth-order valence-electron chi connectivity index (χ4n) is 8.94. The number of ether oxygens (including phenoxy) is 2. The van der Waals surface area contributed by atoms with Crippen LogP contribution < -0.4 is 19.1 Å². The number of hydrogen-bond donors (Lipinski definition) is 3. The Labute approximate surface area is 375 Å². The van der Waals surface area contributed by atoms with Gasteiger partial charge in [-0.2, -0.15) is 18.3 Å². The summed E-state index contributed by atoms with van der Waals surface area (Å²) in [4.78, 5) is 21.5. The monoisotopic (exact) mass is 920 g/mol. The summed E-state index contributed by atoms with van der Waals surface area (Å²) in [6, 6.07) is 18.6. The van der Waals surface area contributed by atoms with Crippen molar-refractivity contribution in [1.29, 1.82) is 0 Å². The highest BCUT2D eigenvalue weighted by Crippen LogP contribution is 2.44. The van der Waals surface area contributed by atoms with E-state index in [9.17, 15) is 31.5 Å². The van der Waals surface area contributed by atoms with Gasteiger partial charge in [0.15, 0.2) is 0 Å². The summed E-state index contributed by atoms with van der Waals surface area (Å²) >= 11 is 6.23. The van der Waals surface area contributed by atoms with E-state index in [2.05, 4.69) is 51.0 Å². The molecular weight excluding hydrogens is 869 g/mol. The first-order valence-electron chi connectivity index (χ1n) is 21.6. The molecule has 3 aromatic carbocycles. The zero-order valence-corrected chi connectivity index (χ0v) is 37.3. The maximum atomic E-state index is 14.3. The minimum absolute atomic E-state index is 0.0340. The van der Waals surface area contributed by atoms with Crippen LogP contribution in [-0.4, -0.2) is 85.5 Å². The van der Waals surface area contributed by atoms with Gasteiger partial charge in [0, 0.05) is 56.1 Å². The Morgan fingerprint density at radius 2 is 1.70 bits per heavy atom. The molecule has 2 aromatic heterocycles. The number of nitrogens with zero attached hydrogens (tertiary/aromatic N) is 4. The summed E-state index contributed by atoms with van der Waals surface area (Å²) in [5.41, 5.74) is 4.09. The minimum atomic E-state index is -5.01. The smallest absolute Gasteiger partial charge is 0.421 e. The fourth-order valence-corrected chi connectivity index (χ4v) is 10.0. The number of alkyl halides is 3. The third-order valence-corrected chi connectivity index (χ3v) is 14.3. The number of aromatic nitrogens is 3. The maximum Gasteiger partial charge on any atom is 0.421 e. The number of H-pyrrole nitrogens is 1. The number of carbonyl (C=O) groups is 1. The van der Waals surface area contributed by atoms with Gasteiger partial charge in [-0.15, -0.1) is 0 Å². The number of sulfonamides is 1. The lowest BCUT2D eigenvalue weighted by Crippen LogP contribution is -2.47. The first-order chi connectivity index (χ1) is 30.5. The Bertz CT molecular complexity index is 2620. The van der Waals surface area contributed by atoms with Crippen LogP contribution in [-0.2, 0) is 16.2 Å². The average molecular weight is 921 g/mol. The van der Waals surface area contributed by atoms with Gasteiger partial charge in [0.2, 0.25) is 5.88 Å². The van der Waals surface area contributed by atoms with Crippen LogP contribution in [0.3, 0.4) is 0 Å². The molecule has 2 fully saturated rings. The second-order valence-corrected chi connectivity index (χ2v) is 20.0. The molecule has 0 spiro atoms. The summed E-state index contributed by atoms with van der Waals surface area (Å²) in [6.45, 7) is 8.38. The Morgan fingerprint density at radius 3 is 2.42 bits per heavy atom. The quantitative estimate of drug-likeness (QED) is 0.104. The predicted molar refractivity (Wildman–Crippen MR) is 239 cm³/mol. The van der Waals surface area contributed by atoms with Gasteiger partial charge in [-0.1, -0.05) is 49.2 Å². The van der Waals surface area contributed by atoms with Crippen LogP contribution in [0.25, 0.3) is 16.5 Å². The number of hydrogen-bond acceptors (Lipinski definition) is 10. The molecule has 3 N–H and O–H groups in total. The summed E-state index contributed by atoms with van der Waals surface area (Å²) in [5.74, 6) is -1.35. The number of aliphatic hydroxyl groups excluding tert-OH is 1. The van der Waals surface area contributed by atoms with E-state index in [4.69, 9.17) is 21.1 Å². The topological polar surface area (TPSA) is 150 Å². The molecular formula is C47H52ClF3N6O6S. The third kappa shape index (κ3) is 10.5. The van der Waals surface area contributed by atoms with Gasteiger partial charge in [0.25, 0.3) is 15.9 Å². The number of piperazine rings is 1. The van der Waals surface area contributed by atoms with E-state index >= 15 is 0 Å². The number of allylic oxidation sites excluding steroid dienone is 1. The van der Waals surface area contributed by atoms with Crippen LogP contribution in [0.15, 0.2) is 89.6 Å². The number of aromatic amines is 1. The van der Waals surface area contributed by atoms with Crippen molar-refractivity contribution < 1.29 is 41.0 Å². The van der Waals surface area contributed by atoms with E-state index in [1.165, 1.54) is 22.8 Å². The summed E-state index contributed by atoms with van der Waals surface area (Å²) < 4.78 is 84.1. The number of rotatable bonds is 13. The van der Waals surface area contributed by atoms with Gasteiger partial charge < -0.3 is 19.5 Å². The highest BCUT2D eigenvalue weighted by molar-refractivity contribution is 7.90. The molecule has 2 aliphatic carbocycles. The van der Waals surface area contributed by atoms with Crippen molar-refractivity contribution in [3.63, 3.8) is 0 Å². The third-order valence-electron chi connectivity index (χ3n) is 12.8. The number of nitrogens with one attached hydrogen (secondary N) is 2. The molecule has 1 saturated carbocycles. The maximum absolute atomic E-state index is 14.3. The van der Waals surface area contributed by atoms with Crippen molar-refractivity contribution in [2.45, 2.75) is 69.9 Å². The number of anilines is 1. The van der Waals surface area contributed by atoms with E-state index in [0.717, 1.165) is 63.6 Å². The first kappa shape index (κ1) is 45.4. The van der Waals surface area contributed by atoms with E-state index in [1.54, 1.807) is 36.5 Å². The number of aliphatic hydroxyl groups is 1. The highest BCUT2D eigenvalue weighted by atomic mass is 35.5. The van der Waals surface area contributed by atoms with Crippen molar-refractivity contribution in [3.8, 4) is 17.4 Å². The van der Waals surface area contributed by atoms with Crippen molar-refractivity contribution in [3.05, 3.63) is 106 Å². The number of benzene rings is 3. The SMILES string of the molecule is CC1(C)CCC(CN2CCN(c3ccc(C(=O)NS(=O)(=O)c4cnc(OCC5CCC(CO)CC5)c(C(F)(F)F)c4)c(Oc4cccc5[nH]ncc45)c3)CC2)=C(c2ccc(Cl)cc2)C1. The van der Waals surface area contributed by atoms with Crippen molar-refractivity contribution in [2.24, 2.45) is 17.3 Å². The van der Waals surface area contributed by atoms with Crippen molar-refractivity contribution in [2.75, 3.05) is 50.8 Å². The van der Waals surface area contributed by atoms with Gasteiger partial charge in [-0.25, -0.2) is 18.1 Å². The van der Waals surface area contributed by atoms with Gasteiger partial charge in [-0.3, -0.25) is 14.8 Å². The van der Waals surface area contributed by atoms with E-state index in [-0.39, 0.29) is 41.8 Å². The van der Waals surface area contributed by atoms with Crippen molar-refractivity contribution >= 4 is 49.7 Å². The normalized spacial score (nSPS) is 19.8. The fraction of sp³-hybridized carbons (Fsp3) is 0.426. The molecule has 3 heterocycles. The summed E-state index contributed by atoms with van der Waals surface area (Å²) in [5, 5.41) is 17.7. The lowest BCUT2D eigenvalue weighted by molar-refractivity contribution is -0.139. The number of pyridine rings is 1. The standard InChI is InChI=1S/C47H52ClF3N6O6S/c1-46(2)17-16-33(38(24-46)32-10-12-34(48)13-11-32)27-56-18-20-57(21-19-56)35-14-15-37(43(22-35)63-42-5-3-4-41-39(42)26-53-54-41)44(59)55-64(60,61)36-23-40(47(49,50)51)45(52-25-36)62-29-31-8-6-30(28-58)7-9-31/h3-5,10-15,22-23,25-26,30-31,58H,6-9,16-21,24,27-29H2,1-2H3,(H,53,54)(H,55,59). The summed E-state index contributed by atoms with van der Waals surface area (Å²) in [7, 11) is -4.88. The Kier molecular flexibility index (Phi) is 13.3. The number of amides is 1. The molecule has 17 heteroatoms. The molecule has 1 amide bonds. The molecule has 340 valence electrons. The van der Waals surface area contributed by atoms with Gasteiger partial charge in [0.1, 0.15) is 22.0 Å². The molecule has 0 unspecified atom stereocenters. The number of carbonyl (C=O) groups excluding carboxylic acids is 1. The molecule has 5 aromatic rings. The lowest BCUT2D eigenvalue weighted by Gasteiger charge is -2.39. The molecule has 64 heavy (non-hydrogen) atoms. The largest absolute Gasteiger partial charge is 0.477 e. The predicted octanol–water partition coefficient (Wildman–Crippen LogP) is 9.50. The second kappa shape index (κ2) is 18.7. The molecule has 12 nitrogen and oxygen atoms in total. The average Bonchev–Trinajstić information content (AvgIpc) is 3.77. The van der Waals surface area contributed by atoms with Gasteiger partial charge in [-0.05, 0) is 116 Å². The Balaban J connectivity index is 1.01. The Morgan fingerprint density at radius 1 is 0.969 bits per heavy atom. The summed E-state index contributed by atoms with van der Waals surface area (Å²) in [6.07, 6.45) is 3.24. The minimum Gasteiger partial charge on any atom is -0.477 e. The first-order valence-corrected chi connectivity index (χ1v) is 23.5. The van der Waals surface area contributed by atoms with Gasteiger partial charge >= 0.3 is 6.18 Å². The molecule has 3 aliphatic rings. The van der Waals surface area contributed by atoms with Crippen LogP contribution in [0, 0.1) is 17.3 Å². The van der Waals surface area contributed by atoms with Crippen LogP contribution in [0.2, 0.25) is 5.02 Å². The lowest BCUT2D eigenvalue weighted by atomic mass is 9.72. The second-order valence-electron chi connectivity index (χ2n) is 17.9. The zero-order valence-electron chi connectivity index (χ0n) is 35.8. The van der Waals surface area contributed by atoms with Crippen LogP contribution in [0.1, 0.15) is 80.3 Å². The van der Waals surface area contributed by atoms with E-state index < -0.39 is 38.4 Å². The highest BCUT2D eigenvalue weighted by Gasteiger charge is 2.38. The van der Waals surface area contributed by atoms with Crippen LogP contribution >= 0.6 is 11.6 Å². The number of halogens is 4. The van der Waals surface area contributed by atoms with Gasteiger partial charge in [0.05, 0.1) is 35.5 Å². The zero-order chi connectivity index (χ0) is 45.2. The Hall–Kier alpha value is -5.16. The van der Waals surface area contributed by atoms with Crippen LogP contribution in [0.4, 0.5) is 18.9 Å². The number of fused-ring (bicyclic) bond motifs is 1. The van der Waals surface area contributed by atoms with Crippen molar-refractivity contribution in [1.82, 2.24) is 24.8 Å². The van der Waals surface area contributed by atoms with E-state index in [0.29, 0.717) is 53.7 Å². The molecule has 0 bridgehead atoms. The molecule has 8 rings (SSSR count). The molecule has 1 saturated heterocycles.